The van der Waals surface area contributed by atoms with Gasteiger partial charge >= 0.3 is 0 Å². The number of carboxylic acid groups (broad SMARTS) is 1. The van der Waals surface area contributed by atoms with E-state index in [1.165, 1.54) is 14.0 Å². The van der Waals surface area contributed by atoms with Crippen molar-refractivity contribution in [1.82, 2.24) is 0 Å². The number of nitrogens with one attached hydrogen (secondary N) is 1. The van der Waals surface area contributed by atoms with Gasteiger partial charge in [0.15, 0.2) is 0 Å². The van der Waals surface area contributed by atoms with E-state index in [0.717, 1.165) is 5.56 Å². The highest BCUT2D eigenvalue weighted by atomic mass is 16.5. The number of methoxy groups -OCH3 is 1. The Morgan fingerprint density at radius 1 is 1.19 bits per heavy atom. The number of hydrogen-bond acceptors (Lipinski definition) is 5. The number of ether oxygens (including phenoxy) is 1. The Morgan fingerprint density at radius 2 is 1.88 bits per heavy atom. The van der Waals surface area contributed by atoms with Crippen molar-refractivity contribution in [3.63, 3.8) is 0 Å². The molecule has 2 aromatic carbocycles. The predicted molar refractivity (Wildman–Crippen MR) is 99.0 cm³/mol. The highest BCUT2D eigenvalue weighted by Crippen LogP contribution is 2.34. The summed E-state index contributed by atoms with van der Waals surface area (Å²) in [7, 11) is 1.53. The van der Waals surface area contributed by atoms with Crippen LogP contribution in [0.1, 0.15) is 25.8 Å². The largest absolute Gasteiger partial charge is 0.548 e. The number of carbonyl (C=O) groups is 2. The van der Waals surface area contributed by atoms with Crippen LogP contribution in [-0.2, 0) is 16.1 Å². The van der Waals surface area contributed by atoms with E-state index in [4.69, 9.17) is 4.74 Å². The van der Waals surface area contributed by atoms with Gasteiger partial charge < -0.3 is 24.9 Å². The van der Waals surface area contributed by atoms with Gasteiger partial charge in [0.25, 0.3) is 0 Å². The molecule has 0 radical (unpaired) electrons. The Balaban J connectivity index is 2.52. The molecular weight excluding hydrogens is 332 g/mol. The van der Waals surface area contributed by atoms with Gasteiger partial charge in [-0.15, -0.1) is 0 Å². The maximum atomic E-state index is 11.7. The zero-order chi connectivity index (χ0) is 19.1. The molecule has 0 aliphatic carbocycles. The van der Waals surface area contributed by atoms with E-state index in [2.05, 4.69) is 5.32 Å². The number of anilines is 2. The van der Waals surface area contributed by atoms with Gasteiger partial charge in [-0.2, -0.15) is 0 Å². The van der Waals surface area contributed by atoms with E-state index >= 15 is 0 Å². The third-order valence-electron chi connectivity index (χ3n) is 4.04. The highest BCUT2D eigenvalue weighted by molar-refractivity contribution is 5.90. The number of nitrogens with zero attached hydrogens (tertiary/aromatic N) is 1. The smallest absolute Gasteiger partial charge is 0.221 e. The lowest BCUT2D eigenvalue weighted by Gasteiger charge is -2.35. The second-order valence-corrected chi connectivity index (χ2v) is 5.92. The third kappa shape index (κ3) is 4.75. The van der Waals surface area contributed by atoms with Gasteiger partial charge in [-0.05, 0) is 30.2 Å². The van der Waals surface area contributed by atoms with Crippen LogP contribution in [0.2, 0.25) is 0 Å². The molecule has 26 heavy (non-hydrogen) atoms. The molecule has 0 saturated carbocycles. The van der Waals surface area contributed by atoms with Crippen LogP contribution in [0.4, 0.5) is 11.4 Å². The minimum absolute atomic E-state index is 0.206. The molecule has 0 spiro atoms. The predicted octanol–water partition coefficient (Wildman–Crippen LogP) is 2.19. The summed E-state index contributed by atoms with van der Waals surface area (Å²) in [6, 6.07) is 13.9. The molecule has 6 nitrogen and oxygen atoms in total. The molecule has 138 valence electrons. The van der Waals surface area contributed by atoms with Crippen LogP contribution in [-0.4, -0.2) is 25.0 Å². The molecule has 0 heterocycles. The lowest BCUT2D eigenvalue weighted by atomic mass is 10.1. The highest BCUT2D eigenvalue weighted by Gasteiger charge is 2.22. The molecule has 0 fully saturated rings. The minimum atomic E-state index is -1.16. The van der Waals surface area contributed by atoms with Crippen LogP contribution >= 0.6 is 0 Å². The molecule has 6 heteroatoms. The summed E-state index contributed by atoms with van der Waals surface area (Å²) in [5, 5.41) is 14.5. The first-order valence-corrected chi connectivity index (χ1v) is 8.43. The Hall–Kier alpha value is -3.02. The second kappa shape index (κ2) is 8.89. The van der Waals surface area contributed by atoms with Crippen molar-refractivity contribution >= 4 is 23.3 Å². The van der Waals surface area contributed by atoms with Gasteiger partial charge in [0.2, 0.25) is 5.91 Å². The van der Waals surface area contributed by atoms with Crippen LogP contribution in [0.25, 0.3) is 0 Å². The number of amides is 1. The van der Waals surface area contributed by atoms with Crippen molar-refractivity contribution < 1.29 is 19.4 Å². The second-order valence-electron chi connectivity index (χ2n) is 5.92. The van der Waals surface area contributed by atoms with Gasteiger partial charge in [0, 0.05) is 19.2 Å². The van der Waals surface area contributed by atoms with Crippen molar-refractivity contribution in [2.45, 2.75) is 32.9 Å². The van der Waals surface area contributed by atoms with E-state index in [1.807, 2.05) is 30.3 Å². The minimum Gasteiger partial charge on any atom is -0.548 e. The molecule has 0 saturated heterocycles. The zero-order valence-corrected chi connectivity index (χ0v) is 15.2. The fraction of sp³-hybridized carbons (Fsp3) is 0.300. The average Bonchev–Trinajstić information content (AvgIpc) is 2.61. The summed E-state index contributed by atoms with van der Waals surface area (Å²) in [6.07, 6.45) is 0.364. The number of carboxylic acids is 1. The maximum Gasteiger partial charge on any atom is 0.221 e. The Bertz CT molecular complexity index is 762. The number of rotatable bonds is 8. The number of aliphatic carboxylic acids is 1. The summed E-state index contributed by atoms with van der Waals surface area (Å²) in [6.45, 7) is 3.58. The molecule has 0 aliphatic heterocycles. The van der Waals surface area contributed by atoms with Crippen molar-refractivity contribution in [2.24, 2.45) is 0 Å². The summed E-state index contributed by atoms with van der Waals surface area (Å²) < 4.78 is 5.43. The normalized spacial score (nSPS) is 11.5. The van der Waals surface area contributed by atoms with Crippen LogP contribution < -0.4 is 20.1 Å². The quantitative estimate of drug-likeness (QED) is 0.785. The van der Waals surface area contributed by atoms with Gasteiger partial charge in [-0.25, -0.2) is 0 Å². The SMILES string of the molecule is CCC(C(=O)[O-])N(Cc1ccccc1)c1cc(NC(C)=O)ccc1OC. The van der Waals surface area contributed by atoms with Gasteiger partial charge in [-0.1, -0.05) is 37.3 Å². The molecule has 1 unspecified atom stereocenters. The van der Waals surface area contributed by atoms with E-state index in [1.54, 1.807) is 30.0 Å². The lowest BCUT2D eigenvalue weighted by molar-refractivity contribution is -0.307. The van der Waals surface area contributed by atoms with Crippen LogP contribution in [0.3, 0.4) is 0 Å². The van der Waals surface area contributed by atoms with E-state index in [9.17, 15) is 14.7 Å². The van der Waals surface area contributed by atoms with Crippen LogP contribution in [0, 0.1) is 0 Å². The maximum absolute atomic E-state index is 11.7. The molecule has 0 aliphatic rings. The summed E-state index contributed by atoms with van der Waals surface area (Å²) in [4.78, 5) is 24.8. The Kier molecular flexibility index (Phi) is 6.60. The van der Waals surface area contributed by atoms with E-state index < -0.39 is 12.0 Å². The summed E-state index contributed by atoms with van der Waals surface area (Å²) in [5.41, 5.74) is 2.11. The standard InChI is InChI=1S/C20H24N2O4/c1-4-17(20(24)25)22(13-15-8-6-5-7-9-15)18-12-16(21-14(2)23)10-11-19(18)26-3/h5-12,17H,4,13H2,1-3H3,(H,21,23)(H,24,25)/p-1. The molecule has 1 atom stereocenters. The summed E-state index contributed by atoms with van der Waals surface area (Å²) >= 11 is 0. The van der Waals surface area contributed by atoms with Gasteiger partial charge in [-0.3, -0.25) is 4.79 Å². The van der Waals surface area contributed by atoms with E-state index in [0.29, 0.717) is 30.1 Å². The molecule has 2 aromatic rings. The Morgan fingerprint density at radius 3 is 2.42 bits per heavy atom. The van der Waals surface area contributed by atoms with Crippen molar-refractivity contribution in [1.29, 1.82) is 0 Å². The first-order valence-electron chi connectivity index (χ1n) is 8.43. The van der Waals surface area contributed by atoms with E-state index in [-0.39, 0.29) is 5.91 Å². The van der Waals surface area contributed by atoms with Crippen LogP contribution in [0.15, 0.2) is 48.5 Å². The fourth-order valence-electron chi connectivity index (χ4n) is 2.85. The van der Waals surface area contributed by atoms with Gasteiger partial charge in [0.05, 0.1) is 24.8 Å². The third-order valence-corrected chi connectivity index (χ3v) is 4.04. The number of carbonyl (C=O) groups excluding carboxylic acids is 2. The average molecular weight is 355 g/mol. The molecule has 2 rings (SSSR count). The first-order chi connectivity index (χ1) is 12.5. The monoisotopic (exact) mass is 355 g/mol. The molecule has 0 bridgehead atoms. The van der Waals surface area contributed by atoms with Crippen molar-refractivity contribution in [2.75, 3.05) is 17.3 Å². The Labute approximate surface area is 153 Å². The molecule has 1 N–H and O–H groups in total. The first kappa shape index (κ1) is 19.3. The van der Waals surface area contributed by atoms with Crippen molar-refractivity contribution in [3.05, 3.63) is 54.1 Å². The van der Waals surface area contributed by atoms with Crippen molar-refractivity contribution in [3.8, 4) is 5.75 Å². The number of hydrogen-bond donors (Lipinski definition) is 1. The molecule has 1 amide bonds. The topological polar surface area (TPSA) is 81.7 Å². The fourth-order valence-corrected chi connectivity index (χ4v) is 2.85. The molecule has 0 aromatic heterocycles. The lowest BCUT2D eigenvalue weighted by Crippen LogP contribution is -2.47. The zero-order valence-electron chi connectivity index (χ0n) is 15.2. The number of benzene rings is 2. The van der Waals surface area contributed by atoms with Gasteiger partial charge in [0.1, 0.15) is 5.75 Å². The van der Waals surface area contributed by atoms with Crippen LogP contribution in [0.5, 0.6) is 5.75 Å². The summed E-state index contributed by atoms with van der Waals surface area (Å²) in [5.74, 6) is -0.840. The molecular formula is C20H23N2O4-.